The summed E-state index contributed by atoms with van der Waals surface area (Å²) in [6.07, 6.45) is 6.86. The van der Waals surface area contributed by atoms with Gasteiger partial charge in [0.2, 0.25) is 0 Å². The average molecular weight is 514 g/mol. The summed E-state index contributed by atoms with van der Waals surface area (Å²) < 4.78 is 30.7. The number of nitrogens with one attached hydrogen (secondary N) is 1. The van der Waals surface area contributed by atoms with Crippen molar-refractivity contribution in [3.63, 3.8) is 0 Å². The number of aromatic amines is 1. The van der Waals surface area contributed by atoms with Gasteiger partial charge in [0.25, 0.3) is 0 Å². The molecule has 1 N–H and O–H groups in total. The number of rotatable bonds is 5. The molecule has 34 heavy (non-hydrogen) atoms. The quantitative estimate of drug-likeness (QED) is 0.378. The molecule has 0 saturated carbocycles. The van der Waals surface area contributed by atoms with Gasteiger partial charge in [0.05, 0.1) is 26.7 Å². The van der Waals surface area contributed by atoms with Crippen LogP contribution in [0.5, 0.6) is 5.75 Å². The van der Waals surface area contributed by atoms with Crippen molar-refractivity contribution >= 4 is 50.2 Å². The van der Waals surface area contributed by atoms with Gasteiger partial charge >= 0.3 is 0 Å². The Morgan fingerprint density at radius 3 is 2.59 bits per heavy atom. The molecule has 4 heterocycles. The van der Waals surface area contributed by atoms with Crippen LogP contribution in [0, 0.1) is 0 Å². The van der Waals surface area contributed by atoms with Crippen LogP contribution in [-0.2, 0) is 9.84 Å². The number of pyridine rings is 2. The molecule has 1 aliphatic heterocycles. The van der Waals surface area contributed by atoms with Gasteiger partial charge in [-0.25, -0.2) is 8.42 Å². The van der Waals surface area contributed by atoms with Crippen LogP contribution in [0.25, 0.3) is 22.2 Å². The molecule has 0 amide bonds. The van der Waals surface area contributed by atoms with Crippen molar-refractivity contribution in [2.45, 2.75) is 18.3 Å². The lowest BCUT2D eigenvalue weighted by atomic mass is 10.1. The Morgan fingerprint density at radius 2 is 1.88 bits per heavy atom. The fourth-order valence-electron chi connectivity index (χ4n) is 3.73. The molecule has 172 valence electrons. The molecule has 0 fully saturated rings. The van der Waals surface area contributed by atoms with E-state index in [-0.39, 0.29) is 0 Å². The van der Waals surface area contributed by atoms with Gasteiger partial charge in [0.1, 0.15) is 22.8 Å². The van der Waals surface area contributed by atoms with Gasteiger partial charge in [0, 0.05) is 47.5 Å². The van der Waals surface area contributed by atoms with E-state index in [1.807, 2.05) is 25.1 Å². The van der Waals surface area contributed by atoms with Gasteiger partial charge in [-0.2, -0.15) is 5.10 Å². The number of aliphatic imine (C=N–C) groups is 1. The van der Waals surface area contributed by atoms with E-state index in [4.69, 9.17) is 27.9 Å². The third kappa shape index (κ3) is 4.18. The first-order valence-corrected chi connectivity index (χ1v) is 12.5. The first-order chi connectivity index (χ1) is 16.3. The number of nitrogens with zero attached hydrogens (tertiary/aromatic N) is 4. The molecule has 8 nitrogen and oxygen atoms in total. The molecule has 0 saturated heterocycles. The monoisotopic (exact) mass is 513 g/mol. The molecule has 1 unspecified atom stereocenters. The third-order valence-electron chi connectivity index (χ3n) is 5.41. The second-order valence-corrected chi connectivity index (χ2v) is 10.4. The summed E-state index contributed by atoms with van der Waals surface area (Å²) in [6.45, 7) is 1.86. The Labute approximate surface area is 205 Å². The Morgan fingerprint density at radius 1 is 1.09 bits per heavy atom. The lowest BCUT2D eigenvalue weighted by molar-refractivity contribution is 0.227. The first-order valence-electron chi connectivity index (χ1n) is 10.2. The summed E-state index contributed by atoms with van der Waals surface area (Å²) in [4.78, 5) is 12.3. The second kappa shape index (κ2) is 8.83. The SMILES string of the molecule is C[C@@H](Oc1ccc2[nH]nc(-c3ccc(C4C=NC=CS4(=O)=O)nc3)c2c1)c1c(Cl)cncc1Cl. The van der Waals surface area contributed by atoms with Crippen molar-refractivity contribution < 1.29 is 13.2 Å². The number of hydrogen-bond donors (Lipinski definition) is 1. The lowest BCUT2D eigenvalue weighted by Gasteiger charge is -2.17. The van der Waals surface area contributed by atoms with Crippen LogP contribution in [-0.4, -0.2) is 34.8 Å². The highest BCUT2D eigenvalue weighted by atomic mass is 35.5. The smallest absolute Gasteiger partial charge is 0.186 e. The predicted octanol–water partition coefficient (Wildman–Crippen LogP) is 5.48. The van der Waals surface area contributed by atoms with E-state index in [2.05, 4.69) is 25.2 Å². The molecular weight excluding hydrogens is 497 g/mol. The van der Waals surface area contributed by atoms with Crippen LogP contribution in [0.1, 0.15) is 29.5 Å². The van der Waals surface area contributed by atoms with Crippen LogP contribution in [0.15, 0.2) is 65.5 Å². The minimum Gasteiger partial charge on any atom is -0.486 e. The number of halogens is 2. The molecule has 1 aromatic carbocycles. The number of benzene rings is 1. The summed E-state index contributed by atoms with van der Waals surface area (Å²) in [5.41, 5.74) is 3.24. The maximum atomic E-state index is 12.3. The van der Waals surface area contributed by atoms with Crippen molar-refractivity contribution in [2.24, 2.45) is 4.99 Å². The fourth-order valence-corrected chi connectivity index (χ4v) is 5.53. The molecule has 11 heteroatoms. The number of H-pyrrole nitrogens is 1. The Balaban J connectivity index is 1.45. The van der Waals surface area contributed by atoms with Gasteiger partial charge in [-0.15, -0.1) is 0 Å². The minimum absolute atomic E-state index is 0.389. The molecule has 1 aliphatic rings. The first kappa shape index (κ1) is 22.5. The van der Waals surface area contributed by atoms with E-state index in [1.165, 1.54) is 24.8 Å². The van der Waals surface area contributed by atoms with E-state index in [0.29, 0.717) is 32.7 Å². The molecule has 0 aliphatic carbocycles. The van der Waals surface area contributed by atoms with Gasteiger partial charge in [-0.1, -0.05) is 23.2 Å². The molecule has 2 atom stereocenters. The second-order valence-electron chi connectivity index (χ2n) is 7.62. The molecule has 0 spiro atoms. The molecule has 3 aromatic heterocycles. The van der Waals surface area contributed by atoms with Crippen molar-refractivity contribution in [3.05, 3.63) is 81.8 Å². The number of hydrogen-bond acceptors (Lipinski definition) is 7. The average Bonchev–Trinajstić information content (AvgIpc) is 3.22. The highest BCUT2D eigenvalue weighted by Crippen LogP contribution is 2.35. The van der Waals surface area contributed by atoms with Crippen molar-refractivity contribution in [3.8, 4) is 17.0 Å². The maximum Gasteiger partial charge on any atom is 0.186 e. The number of ether oxygens (including phenoxy) is 1. The Hall–Kier alpha value is -3.27. The van der Waals surface area contributed by atoms with Crippen molar-refractivity contribution in [1.82, 2.24) is 20.2 Å². The molecule has 0 radical (unpaired) electrons. The minimum atomic E-state index is -3.48. The normalized spacial score (nSPS) is 17.7. The number of sulfone groups is 1. The fraction of sp³-hybridized carbons (Fsp3) is 0.130. The van der Waals surface area contributed by atoms with Crippen molar-refractivity contribution in [1.29, 1.82) is 0 Å². The molecule has 0 bridgehead atoms. The van der Waals surface area contributed by atoms with Crippen LogP contribution in [0.3, 0.4) is 0 Å². The highest BCUT2D eigenvalue weighted by Gasteiger charge is 2.26. The van der Waals surface area contributed by atoms with Crippen LogP contribution >= 0.6 is 23.2 Å². The van der Waals surface area contributed by atoms with Gasteiger partial charge in [-0.3, -0.25) is 20.1 Å². The molecule has 5 rings (SSSR count). The summed E-state index contributed by atoms with van der Waals surface area (Å²) in [5.74, 6) is 0.604. The maximum absolute atomic E-state index is 12.3. The van der Waals surface area contributed by atoms with Crippen molar-refractivity contribution in [2.75, 3.05) is 0 Å². The van der Waals surface area contributed by atoms with E-state index in [1.54, 1.807) is 18.3 Å². The standard InChI is InChI=1S/C23H17Cl2N5O3S/c1-13(22-17(24)10-27-11-18(22)25)33-15-3-5-19-16(8-15)23(30-29-19)14-2-4-20(28-9-14)21-12-26-6-7-34(21,31)32/h2-13,21H,1H3,(H,29,30)/t13-,21?/m1/s1. The van der Waals surface area contributed by atoms with Crippen LogP contribution in [0.2, 0.25) is 10.0 Å². The van der Waals surface area contributed by atoms with Gasteiger partial charge < -0.3 is 4.74 Å². The zero-order valence-electron chi connectivity index (χ0n) is 17.7. The lowest BCUT2D eigenvalue weighted by Crippen LogP contribution is -2.15. The molecular formula is C23H17Cl2N5O3S. The Bertz CT molecular complexity index is 1530. The summed E-state index contributed by atoms with van der Waals surface area (Å²) in [5, 5.41) is 9.27. The van der Waals surface area contributed by atoms with E-state index >= 15 is 0 Å². The van der Waals surface area contributed by atoms with Gasteiger partial charge in [-0.05, 0) is 37.3 Å². The summed E-state index contributed by atoms with van der Waals surface area (Å²) >= 11 is 12.5. The van der Waals surface area contributed by atoms with Gasteiger partial charge in [0.15, 0.2) is 9.84 Å². The summed E-state index contributed by atoms with van der Waals surface area (Å²) in [7, 11) is -3.48. The zero-order chi connectivity index (χ0) is 23.9. The van der Waals surface area contributed by atoms with E-state index in [0.717, 1.165) is 21.9 Å². The Kier molecular flexibility index (Phi) is 5.85. The number of fused-ring (bicyclic) bond motifs is 1. The van der Waals surface area contributed by atoms with E-state index in [9.17, 15) is 8.42 Å². The topological polar surface area (TPSA) is 110 Å². The molecule has 4 aromatic rings. The zero-order valence-corrected chi connectivity index (χ0v) is 20.0. The summed E-state index contributed by atoms with van der Waals surface area (Å²) in [6, 6.07) is 9.00. The van der Waals surface area contributed by atoms with Crippen LogP contribution < -0.4 is 4.74 Å². The third-order valence-corrected chi connectivity index (χ3v) is 7.58. The largest absolute Gasteiger partial charge is 0.486 e. The van der Waals surface area contributed by atoms with E-state index < -0.39 is 21.2 Å². The van der Waals surface area contributed by atoms with Crippen LogP contribution in [0.4, 0.5) is 0 Å². The highest BCUT2D eigenvalue weighted by molar-refractivity contribution is 7.95. The predicted molar refractivity (Wildman–Crippen MR) is 132 cm³/mol. The number of aromatic nitrogens is 4.